The molecule has 3 aromatic carbocycles. The summed E-state index contributed by atoms with van der Waals surface area (Å²) in [4.78, 5) is 21.0. The molecular formula is C26H20N4O3. The Kier molecular flexibility index (Phi) is 5.75. The van der Waals surface area contributed by atoms with Gasteiger partial charge in [0.25, 0.3) is 5.91 Å². The van der Waals surface area contributed by atoms with Gasteiger partial charge >= 0.3 is 0 Å². The Balaban J connectivity index is 1.24. The topological polar surface area (TPSA) is 90.1 Å². The fourth-order valence-corrected chi connectivity index (χ4v) is 3.50. The number of rotatable bonds is 7. The van der Waals surface area contributed by atoms with Crippen LogP contribution in [0.2, 0.25) is 0 Å². The van der Waals surface area contributed by atoms with Crippen LogP contribution in [0.3, 0.4) is 0 Å². The Morgan fingerprint density at radius 1 is 0.909 bits per heavy atom. The van der Waals surface area contributed by atoms with Gasteiger partial charge in [0, 0.05) is 23.6 Å². The summed E-state index contributed by atoms with van der Waals surface area (Å²) in [6.45, 7) is -0.0978. The van der Waals surface area contributed by atoms with E-state index in [9.17, 15) is 4.79 Å². The minimum Gasteiger partial charge on any atom is -0.484 e. The molecule has 0 saturated heterocycles. The number of nitrogens with zero attached hydrogens (tertiary/aromatic N) is 3. The molecular weight excluding hydrogens is 416 g/mol. The van der Waals surface area contributed by atoms with Crippen molar-refractivity contribution in [3.8, 4) is 17.1 Å². The molecule has 0 unspecified atom stereocenters. The van der Waals surface area contributed by atoms with Gasteiger partial charge in [-0.3, -0.25) is 9.78 Å². The van der Waals surface area contributed by atoms with Crippen molar-refractivity contribution in [3.05, 3.63) is 103 Å². The number of pyridine rings is 1. The van der Waals surface area contributed by atoms with Crippen molar-refractivity contribution in [3.63, 3.8) is 0 Å². The van der Waals surface area contributed by atoms with E-state index >= 15 is 0 Å². The molecule has 0 fully saturated rings. The predicted octanol–water partition coefficient (Wildman–Crippen LogP) is 4.89. The van der Waals surface area contributed by atoms with Crippen LogP contribution in [-0.2, 0) is 11.2 Å². The van der Waals surface area contributed by atoms with E-state index in [-0.39, 0.29) is 12.5 Å². The lowest BCUT2D eigenvalue weighted by Gasteiger charge is -2.11. The van der Waals surface area contributed by atoms with Gasteiger partial charge in [0.15, 0.2) is 6.61 Å². The summed E-state index contributed by atoms with van der Waals surface area (Å²) in [5, 5.41) is 9.13. The largest absolute Gasteiger partial charge is 0.484 e. The highest BCUT2D eigenvalue weighted by Crippen LogP contribution is 2.22. The summed E-state index contributed by atoms with van der Waals surface area (Å²) < 4.78 is 11.1. The molecule has 7 nitrogen and oxygen atoms in total. The summed E-state index contributed by atoms with van der Waals surface area (Å²) in [5.41, 5.74) is 2.36. The number of benzene rings is 3. The number of carbonyl (C=O) groups is 1. The molecule has 0 atom stereocenters. The summed E-state index contributed by atoms with van der Waals surface area (Å²) in [5.74, 6) is 1.35. The third kappa shape index (κ3) is 4.88. The zero-order valence-corrected chi connectivity index (χ0v) is 17.6. The van der Waals surface area contributed by atoms with Crippen LogP contribution in [0.4, 0.5) is 5.69 Å². The molecule has 2 aromatic heterocycles. The molecule has 0 radical (unpaired) electrons. The van der Waals surface area contributed by atoms with Crippen LogP contribution in [0.25, 0.3) is 22.2 Å². The van der Waals surface area contributed by atoms with Gasteiger partial charge in [0.1, 0.15) is 5.75 Å². The van der Waals surface area contributed by atoms with E-state index in [4.69, 9.17) is 9.26 Å². The summed E-state index contributed by atoms with van der Waals surface area (Å²) >= 11 is 0. The fourth-order valence-electron chi connectivity index (χ4n) is 3.50. The molecule has 0 aliphatic heterocycles. The van der Waals surface area contributed by atoms with Crippen LogP contribution in [0.5, 0.6) is 5.75 Å². The van der Waals surface area contributed by atoms with E-state index in [1.54, 1.807) is 12.4 Å². The van der Waals surface area contributed by atoms with Crippen LogP contribution in [-0.4, -0.2) is 27.6 Å². The second-order valence-electron chi connectivity index (χ2n) is 7.43. The van der Waals surface area contributed by atoms with Crippen LogP contribution in [0, 0.1) is 0 Å². The van der Waals surface area contributed by atoms with Crippen LogP contribution >= 0.6 is 0 Å². The molecule has 33 heavy (non-hydrogen) atoms. The second kappa shape index (κ2) is 9.32. The minimum absolute atomic E-state index is 0.0978. The number of aromatic nitrogens is 3. The number of para-hydroxylation sites is 1. The third-order valence-electron chi connectivity index (χ3n) is 5.13. The van der Waals surface area contributed by atoms with Crippen molar-refractivity contribution in [1.82, 2.24) is 15.1 Å². The molecule has 2 heterocycles. The van der Waals surface area contributed by atoms with Gasteiger partial charge < -0.3 is 14.6 Å². The highest BCUT2D eigenvalue weighted by molar-refractivity contribution is 5.92. The molecule has 7 heteroatoms. The standard InChI is InChI=1S/C26H20N4O3/c31-24(17-32-22-10-9-18-5-1-2-6-20(18)15-22)28-23-8-4-3-7-21(23)16-25-29-26(30-33-25)19-11-13-27-14-12-19/h1-15H,16-17H2,(H,28,31). The molecule has 5 rings (SSSR count). The maximum Gasteiger partial charge on any atom is 0.262 e. The van der Waals surface area contributed by atoms with Crippen molar-refractivity contribution in [2.75, 3.05) is 11.9 Å². The fraction of sp³-hybridized carbons (Fsp3) is 0.0769. The van der Waals surface area contributed by atoms with E-state index < -0.39 is 0 Å². The zero-order chi connectivity index (χ0) is 22.5. The van der Waals surface area contributed by atoms with Crippen molar-refractivity contribution in [1.29, 1.82) is 0 Å². The lowest BCUT2D eigenvalue weighted by Crippen LogP contribution is -2.21. The molecule has 1 N–H and O–H groups in total. The molecule has 0 spiro atoms. The Morgan fingerprint density at radius 2 is 1.70 bits per heavy atom. The van der Waals surface area contributed by atoms with Crippen molar-refractivity contribution >= 4 is 22.4 Å². The lowest BCUT2D eigenvalue weighted by molar-refractivity contribution is -0.118. The SMILES string of the molecule is O=C(COc1ccc2ccccc2c1)Nc1ccccc1Cc1nc(-c2ccncc2)no1. The summed E-state index contributed by atoms with van der Waals surface area (Å²) in [7, 11) is 0. The number of hydrogen-bond acceptors (Lipinski definition) is 6. The number of carbonyl (C=O) groups excluding carboxylic acids is 1. The van der Waals surface area contributed by atoms with Crippen LogP contribution in [0.15, 0.2) is 95.8 Å². The second-order valence-corrected chi connectivity index (χ2v) is 7.43. The number of hydrogen-bond donors (Lipinski definition) is 1. The highest BCUT2D eigenvalue weighted by atomic mass is 16.5. The first kappa shape index (κ1) is 20.4. The van der Waals surface area contributed by atoms with Gasteiger partial charge in [-0.15, -0.1) is 0 Å². The van der Waals surface area contributed by atoms with E-state index in [2.05, 4.69) is 20.4 Å². The monoisotopic (exact) mass is 436 g/mol. The summed E-state index contributed by atoms with van der Waals surface area (Å²) in [6.07, 6.45) is 3.74. The average molecular weight is 436 g/mol. The van der Waals surface area contributed by atoms with Crippen molar-refractivity contribution in [2.24, 2.45) is 0 Å². The van der Waals surface area contributed by atoms with E-state index in [1.807, 2.05) is 78.9 Å². The zero-order valence-electron chi connectivity index (χ0n) is 17.6. The lowest BCUT2D eigenvalue weighted by atomic mass is 10.1. The number of amides is 1. The van der Waals surface area contributed by atoms with Gasteiger partial charge in [0.2, 0.25) is 11.7 Å². The molecule has 5 aromatic rings. The Bertz CT molecular complexity index is 1400. The maximum atomic E-state index is 12.5. The number of anilines is 1. The minimum atomic E-state index is -0.251. The smallest absolute Gasteiger partial charge is 0.262 e. The van der Waals surface area contributed by atoms with Crippen LogP contribution < -0.4 is 10.1 Å². The van der Waals surface area contributed by atoms with E-state index in [0.717, 1.165) is 21.9 Å². The molecule has 0 saturated carbocycles. The molecule has 0 aliphatic rings. The molecule has 162 valence electrons. The number of nitrogens with one attached hydrogen (secondary N) is 1. The number of ether oxygens (including phenoxy) is 1. The van der Waals surface area contributed by atoms with Crippen LogP contribution in [0.1, 0.15) is 11.5 Å². The first-order chi connectivity index (χ1) is 16.2. The molecule has 1 amide bonds. The Labute approximate surface area is 190 Å². The first-order valence-electron chi connectivity index (χ1n) is 10.5. The van der Waals surface area contributed by atoms with Gasteiger partial charge in [-0.25, -0.2) is 0 Å². The molecule has 0 bridgehead atoms. The normalized spacial score (nSPS) is 10.8. The van der Waals surface area contributed by atoms with Gasteiger partial charge in [-0.1, -0.05) is 53.7 Å². The predicted molar refractivity (Wildman–Crippen MR) is 125 cm³/mol. The highest BCUT2D eigenvalue weighted by Gasteiger charge is 2.13. The number of fused-ring (bicyclic) bond motifs is 1. The summed E-state index contributed by atoms with van der Waals surface area (Å²) in [6, 6.07) is 24.9. The average Bonchev–Trinajstić information content (AvgIpc) is 3.33. The molecule has 0 aliphatic carbocycles. The van der Waals surface area contributed by atoms with Gasteiger partial charge in [-0.2, -0.15) is 4.98 Å². The van der Waals surface area contributed by atoms with Crippen molar-refractivity contribution in [2.45, 2.75) is 6.42 Å². The van der Waals surface area contributed by atoms with E-state index in [0.29, 0.717) is 29.6 Å². The van der Waals surface area contributed by atoms with Gasteiger partial charge in [0.05, 0.1) is 6.42 Å². The first-order valence-corrected chi connectivity index (χ1v) is 10.5. The van der Waals surface area contributed by atoms with E-state index in [1.165, 1.54) is 0 Å². The van der Waals surface area contributed by atoms with Gasteiger partial charge in [-0.05, 0) is 46.7 Å². The quantitative estimate of drug-likeness (QED) is 0.391. The third-order valence-corrected chi connectivity index (χ3v) is 5.13. The Hall–Kier alpha value is -4.52. The Morgan fingerprint density at radius 3 is 2.58 bits per heavy atom. The van der Waals surface area contributed by atoms with Crippen molar-refractivity contribution < 1.29 is 14.1 Å². The maximum absolute atomic E-state index is 12.5.